The van der Waals surface area contributed by atoms with Crippen LogP contribution in [0.5, 0.6) is 0 Å². The van der Waals surface area contributed by atoms with Crippen molar-refractivity contribution in [3.05, 3.63) is 63.6 Å². The highest BCUT2D eigenvalue weighted by Gasteiger charge is 2.22. The summed E-state index contributed by atoms with van der Waals surface area (Å²) in [5, 5.41) is 3.17. The lowest BCUT2D eigenvalue weighted by Crippen LogP contribution is -2.24. The van der Waals surface area contributed by atoms with Crippen LogP contribution in [-0.2, 0) is 10.5 Å². The third-order valence-corrected chi connectivity index (χ3v) is 7.66. The van der Waals surface area contributed by atoms with Crippen LogP contribution in [0.25, 0.3) is 10.2 Å². The Balaban J connectivity index is 1.57. The predicted molar refractivity (Wildman–Crippen MR) is 125 cm³/mol. The van der Waals surface area contributed by atoms with Gasteiger partial charge in [0, 0.05) is 18.1 Å². The minimum atomic E-state index is -0.112. The molecule has 0 aliphatic carbocycles. The lowest BCUT2D eigenvalue weighted by atomic mass is 10.1. The van der Waals surface area contributed by atoms with E-state index in [-0.39, 0.29) is 5.91 Å². The summed E-state index contributed by atoms with van der Waals surface area (Å²) < 4.78 is 2.20. The summed E-state index contributed by atoms with van der Waals surface area (Å²) in [5.41, 5.74) is 4.65. The zero-order chi connectivity index (χ0) is 20.5. The molecule has 0 bridgehead atoms. The van der Waals surface area contributed by atoms with Gasteiger partial charge in [0.05, 0.1) is 26.6 Å². The molecule has 4 nitrogen and oxygen atoms in total. The second-order valence-corrected chi connectivity index (χ2v) is 10.1. The number of carbonyl (C=O) groups is 1. The zero-order valence-electron chi connectivity index (χ0n) is 16.1. The highest BCUT2D eigenvalue weighted by atomic mass is 35.5. The van der Waals surface area contributed by atoms with Crippen molar-refractivity contribution in [2.75, 3.05) is 4.90 Å². The van der Waals surface area contributed by atoms with Gasteiger partial charge in [-0.2, -0.15) is 0 Å². The zero-order valence-corrected chi connectivity index (χ0v) is 19.3. The second-order valence-electron chi connectivity index (χ2n) is 6.62. The largest absolute Gasteiger partial charge is 0.274 e. The molecule has 2 heterocycles. The number of anilines is 2. The van der Waals surface area contributed by atoms with E-state index in [4.69, 9.17) is 16.6 Å². The number of carbonyl (C=O) groups excluding carboxylic acids is 1. The Morgan fingerprint density at radius 2 is 2.00 bits per heavy atom. The molecule has 0 radical (unpaired) electrons. The number of hydrogen-bond acceptors (Lipinski definition) is 6. The number of nitrogens with zero attached hydrogens (tertiary/aromatic N) is 3. The molecule has 1 amide bonds. The van der Waals surface area contributed by atoms with Crippen LogP contribution in [0, 0.1) is 13.8 Å². The van der Waals surface area contributed by atoms with Crippen LogP contribution in [0.15, 0.2) is 46.1 Å². The standard InChI is InChI=1S/C21H18ClN3OS3/c1-12-8-13(2)19(16(22)9-12)25(14(3)26)20-23-15(10-27-20)11-28-21-24-17-6-4-5-7-18(17)29-21/h4-10H,11H2,1-3H3. The first kappa shape index (κ1) is 20.3. The Bertz CT molecular complexity index is 1140. The number of aryl methyl sites for hydroxylation is 2. The quantitative estimate of drug-likeness (QED) is 0.301. The van der Waals surface area contributed by atoms with Gasteiger partial charge in [-0.3, -0.25) is 9.69 Å². The number of aromatic nitrogens is 2. The van der Waals surface area contributed by atoms with E-state index in [1.807, 2.05) is 49.6 Å². The van der Waals surface area contributed by atoms with E-state index in [0.717, 1.165) is 26.7 Å². The van der Waals surface area contributed by atoms with E-state index >= 15 is 0 Å². The van der Waals surface area contributed by atoms with Crippen molar-refractivity contribution in [3.8, 4) is 0 Å². The summed E-state index contributed by atoms with van der Waals surface area (Å²) >= 11 is 11.3. The number of fused-ring (bicyclic) bond motifs is 1. The van der Waals surface area contributed by atoms with E-state index in [1.54, 1.807) is 28.0 Å². The lowest BCUT2D eigenvalue weighted by Gasteiger charge is -2.22. The number of thioether (sulfide) groups is 1. The number of hydrogen-bond donors (Lipinski definition) is 0. The summed E-state index contributed by atoms with van der Waals surface area (Å²) in [4.78, 5) is 23.4. The van der Waals surface area contributed by atoms with Crippen molar-refractivity contribution in [1.29, 1.82) is 0 Å². The van der Waals surface area contributed by atoms with Gasteiger partial charge in [-0.05, 0) is 43.2 Å². The Morgan fingerprint density at radius 3 is 2.72 bits per heavy atom. The smallest absolute Gasteiger partial charge is 0.230 e. The molecule has 2 aromatic heterocycles. The Labute approximate surface area is 186 Å². The first-order chi connectivity index (χ1) is 13.9. The highest BCUT2D eigenvalue weighted by molar-refractivity contribution is 8.00. The van der Waals surface area contributed by atoms with Gasteiger partial charge in [-0.15, -0.1) is 22.7 Å². The summed E-state index contributed by atoms with van der Waals surface area (Å²) in [6.45, 7) is 5.48. The van der Waals surface area contributed by atoms with Gasteiger partial charge in [0.1, 0.15) is 0 Å². The Hall–Kier alpha value is -1.93. The van der Waals surface area contributed by atoms with Gasteiger partial charge in [0.15, 0.2) is 9.47 Å². The van der Waals surface area contributed by atoms with Crippen LogP contribution >= 0.6 is 46.0 Å². The predicted octanol–water partition coefficient (Wildman–Crippen LogP) is 7.00. The monoisotopic (exact) mass is 459 g/mol. The molecular formula is C21H18ClN3OS3. The first-order valence-corrected chi connectivity index (χ1v) is 12.0. The minimum Gasteiger partial charge on any atom is -0.274 e. The van der Waals surface area contributed by atoms with Crippen LogP contribution in [-0.4, -0.2) is 15.9 Å². The average Bonchev–Trinajstić information content (AvgIpc) is 3.28. The van der Waals surface area contributed by atoms with Crippen LogP contribution in [0.3, 0.4) is 0 Å². The van der Waals surface area contributed by atoms with Gasteiger partial charge in [0.25, 0.3) is 0 Å². The Kier molecular flexibility index (Phi) is 5.92. The fraction of sp³-hybridized carbons (Fsp3) is 0.190. The third kappa shape index (κ3) is 4.33. The fourth-order valence-corrected chi connectivity index (χ4v) is 6.44. The summed E-state index contributed by atoms with van der Waals surface area (Å²) in [7, 11) is 0. The SMILES string of the molecule is CC(=O)N(c1nc(CSc2nc3ccccc3s2)cs1)c1c(C)cc(C)cc1Cl. The van der Waals surface area contributed by atoms with E-state index in [9.17, 15) is 4.79 Å². The highest BCUT2D eigenvalue weighted by Crippen LogP contribution is 2.38. The van der Waals surface area contributed by atoms with E-state index in [1.165, 1.54) is 23.0 Å². The molecule has 0 aliphatic heterocycles. The maximum absolute atomic E-state index is 12.4. The van der Waals surface area contributed by atoms with Gasteiger partial charge >= 0.3 is 0 Å². The van der Waals surface area contributed by atoms with Gasteiger partial charge < -0.3 is 0 Å². The Morgan fingerprint density at radius 1 is 1.21 bits per heavy atom. The number of rotatable bonds is 5. The molecule has 0 fully saturated rings. The van der Waals surface area contributed by atoms with Gasteiger partial charge in [0.2, 0.25) is 5.91 Å². The maximum atomic E-state index is 12.4. The van der Waals surface area contributed by atoms with E-state index in [0.29, 0.717) is 21.6 Å². The molecule has 0 saturated carbocycles. The van der Waals surface area contributed by atoms with Crippen LogP contribution in [0.2, 0.25) is 5.02 Å². The maximum Gasteiger partial charge on any atom is 0.230 e. The number of amides is 1. The number of benzene rings is 2. The van der Waals surface area contributed by atoms with E-state index < -0.39 is 0 Å². The molecular weight excluding hydrogens is 442 g/mol. The molecule has 29 heavy (non-hydrogen) atoms. The molecule has 0 aliphatic rings. The summed E-state index contributed by atoms with van der Waals surface area (Å²) in [6, 6.07) is 12.0. The molecule has 0 N–H and O–H groups in total. The molecule has 4 rings (SSSR count). The first-order valence-electron chi connectivity index (χ1n) is 8.92. The molecule has 148 valence electrons. The molecule has 8 heteroatoms. The number of para-hydroxylation sites is 1. The topological polar surface area (TPSA) is 46.1 Å². The minimum absolute atomic E-state index is 0.112. The fourth-order valence-electron chi connectivity index (χ4n) is 3.09. The molecule has 4 aromatic rings. The van der Waals surface area contributed by atoms with Gasteiger partial charge in [-0.25, -0.2) is 9.97 Å². The van der Waals surface area contributed by atoms with Crippen molar-refractivity contribution in [2.45, 2.75) is 30.9 Å². The second kappa shape index (κ2) is 8.44. The summed E-state index contributed by atoms with van der Waals surface area (Å²) in [5.74, 6) is 0.585. The van der Waals surface area contributed by atoms with Crippen LogP contribution < -0.4 is 4.90 Å². The number of halogens is 1. The third-order valence-electron chi connectivity index (χ3n) is 4.29. The lowest BCUT2D eigenvalue weighted by molar-refractivity contribution is -0.115. The normalized spacial score (nSPS) is 11.2. The number of thiazole rings is 2. The van der Waals surface area contributed by atoms with Crippen molar-refractivity contribution < 1.29 is 4.79 Å². The van der Waals surface area contributed by atoms with Crippen molar-refractivity contribution in [2.24, 2.45) is 0 Å². The summed E-state index contributed by atoms with van der Waals surface area (Å²) in [6.07, 6.45) is 0. The van der Waals surface area contributed by atoms with Crippen molar-refractivity contribution in [1.82, 2.24) is 9.97 Å². The molecule has 0 atom stereocenters. The molecule has 0 spiro atoms. The molecule has 0 saturated heterocycles. The van der Waals surface area contributed by atoms with Crippen LogP contribution in [0.4, 0.5) is 10.8 Å². The van der Waals surface area contributed by atoms with Gasteiger partial charge in [-0.1, -0.05) is 41.6 Å². The average molecular weight is 460 g/mol. The van der Waals surface area contributed by atoms with E-state index in [2.05, 4.69) is 11.1 Å². The molecule has 0 unspecified atom stereocenters. The molecule has 2 aromatic carbocycles. The van der Waals surface area contributed by atoms with Crippen molar-refractivity contribution in [3.63, 3.8) is 0 Å². The van der Waals surface area contributed by atoms with Crippen LogP contribution in [0.1, 0.15) is 23.7 Å². The van der Waals surface area contributed by atoms with Crippen molar-refractivity contribution >= 4 is 73.0 Å².